The zero-order valence-corrected chi connectivity index (χ0v) is 13.4. The van der Waals surface area contributed by atoms with Gasteiger partial charge in [0.25, 0.3) is 0 Å². The Morgan fingerprint density at radius 1 is 1.24 bits per heavy atom. The highest BCUT2D eigenvalue weighted by Gasteiger charge is 2.52. The van der Waals surface area contributed by atoms with Crippen LogP contribution < -0.4 is 5.73 Å². The van der Waals surface area contributed by atoms with Gasteiger partial charge in [0.05, 0.1) is 5.60 Å². The molecule has 0 radical (unpaired) electrons. The summed E-state index contributed by atoms with van der Waals surface area (Å²) in [6.45, 7) is 5.24. The SMILES string of the molecule is CCOC1(C(N)C2CC2c2ccccc2)CCC(C)CC1. The van der Waals surface area contributed by atoms with Crippen molar-refractivity contribution in [2.75, 3.05) is 6.61 Å². The Morgan fingerprint density at radius 3 is 2.52 bits per heavy atom. The summed E-state index contributed by atoms with van der Waals surface area (Å²) >= 11 is 0. The van der Waals surface area contributed by atoms with E-state index in [1.165, 1.54) is 24.8 Å². The van der Waals surface area contributed by atoms with Gasteiger partial charge in [-0.2, -0.15) is 0 Å². The standard InChI is InChI=1S/C19H29NO/c1-3-21-19(11-9-14(2)10-12-19)18(20)17-13-16(17)15-7-5-4-6-8-15/h4-8,14,16-18H,3,9-13,20H2,1-2H3. The van der Waals surface area contributed by atoms with E-state index in [9.17, 15) is 0 Å². The van der Waals surface area contributed by atoms with Crippen LogP contribution in [0, 0.1) is 11.8 Å². The molecule has 2 aliphatic carbocycles. The second-order valence-corrected chi connectivity index (χ2v) is 7.12. The molecule has 2 heteroatoms. The maximum atomic E-state index is 6.72. The van der Waals surface area contributed by atoms with Crippen molar-refractivity contribution in [3.63, 3.8) is 0 Å². The molecule has 0 heterocycles. The molecular weight excluding hydrogens is 258 g/mol. The molecule has 1 aromatic rings. The quantitative estimate of drug-likeness (QED) is 0.884. The van der Waals surface area contributed by atoms with Crippen LogP contribution in [0.25, 0.3) is 0 Å². The van der Waals surface area contributed by atoms with E-state index < -0.39 is 0 Å². The van der Waals surface area contributed by atoms with Crippen molar-refractivity contribution in [1.82, 2.24) is 0 Å². The smallest absolute Gasteiger partial charge is 0.0835 e. The monoisotopic (exact) mass is 287 g/mol. The molecule has 0 bridgehead atoms. The predicted octanol–water partition coefficient (Wildman–Crippen LogP) is 4.10. The predicted molar refractivity (Wildman–Crippen MR) is 87.3 cm³/mol. The summed E-state index contributed by atoms with van der Waals surface area (Å²) < 4.78 is 6.24. The van der Waals surface area contributed by atoms with E-state index in [0.717, 1.165) is 25.4 Å². The first kappa shape index (κ1) is 15.1. The van der Waals surface area contributed by atoms with Crippen molar-refractivity contribution in [2.45, 2.75) is 63.5 Å². The molecule has 0 amide bonds. The molecule has 2 nitrogen and oxygen atoms in total. The van der Waals surface area contributed by atoms with Gasteiger partial charge in [0.1, 0.15) is 0 Å². The summed E-state index contributed by atoms with van der Waals surface area (Å²) in [6, 6.07) is 11.0. The molecule has 2 fully saturated rings. The Morgan fingerprint density at radius 2 is 1.90 bits per heavy atom. The highest BCUT2D eigenvalue weighted by atomic mass is 16.5. The molecule has 21 heavy (non-hydrogen) atoms. The van der Waals surface area contributed by atoms with Crippen LogP contribution in [0.15, 0.2) is 30.3 Å². The van der Waals surface area contributed by atoms with E-state index in [1.807, 2.05) is 0 Å². The fourth-order valence-electron chi connectivity index (χ4n) is 4.20. The van der Waals surface area contributed by atoms with Gasteiger partial charge in [-0.05, 0) is 62.3 Å². The molecular formula is C19H29NO. The van der Waals surface area contributed by atoms with E-state index in [1.54, 1.807) is 0 Å². The summed E-state index contributed by atoms with van der Waals surface area (Å²) in [7, 11) is 0. The summed E-state index contributed by atoms with van der Waals surface area (Å²) in [5.74, 6) is 2.08. The lowest BCUT2D eigenvalue weighted by atomic mass is 9.74. The van der Waals surface area contributed by atoms with Gasteiger partial charge in [-0.3, -0.25) is 0 Å². The lowest BCUT2D eigenvalue weighted by Crippen LogP contribution is -2.53. The molecule has 2 aliphatic rings. The molecule has 3 atom stereocenters. The molecule has 0 aromatic heterocycles. The first-order valence-electron chi connectivity index (χ1n) is 8.61. The van der Waals surface area contributed by atoms with E-state index >= 15 is 0 Å². The van der Waals surface area contributed by atoms with Gasteiger partial charge in [0, 0.05) is 12.6 Å². The molecule has 0 saturated heterocycles. The Hall–Kier alpha value is -0.860. The van der Waals surface area contributed by atoms with Crippen molar-refractivity contribution in [2.24, 2.45) is 17.6 Å². The normalized spacial score (nSPS) is 37.2. The van der Waals surface area contributed by atoms with Crippen LogP contribution in [0.5, 0.6) is 0 Å². The summed E-state index contributed by atoms with van der Waals surface area (Å²) in [4.78, 5) is 0. The number of hydrogen-bond donors (Lipinski definition) is 1. The van der Waals surface area contributed by atoms with Crippen molar-refractivity contribution >= 4 is 0 Å². The van der Waals surface area contributed by atoms with Crippen LogP contribution in [0.2, 0.25) is 0 Å². The third-order valence-electron chi connectivity index (χ3n) is 5.69. The van der Waals surface area contributed by atoms with Crippen LogP contribution in [0.4, 0.5) is 0 Å². The summed E-state index contributed by atoms with van der Waals surface area (Å²) in [6.07, 6.45) is 6.03. The lowest BCUT2D eigenvalue weighted by molar-refractivity contribution is -0.0930. The van der Waals surface area contributed by atoms with Crippen molar-refractivity contribution in [3.05, 3.63) is 35.9 Å². The number of ether oxygens (including phenoxy) is 1. The highest BCUT2D eigenvalue weighted by Crippen LogP contribution is 2.53. The molecule has 0 aliphatic heterocycles. The number of rotatable bonds is 5. The van der Waals surface area contributed by atoms with Gasteiger partial charge >= 0.3 is 0 Å². The van der Waals surface area contributed by atoms with Crippen molar-refractivity contribution in [3.8, 4) is 0 Å². The van der Waals surface area contributed by atoms with Crippen LogP contribution in [-0.4, -0.2) is 18.2 Å². The Balaban J connectivity index is 1.70. The third kappa shape index (κ3) is 3.02. The molecule has 3 rings (SSSR count). The fourth-order valence-corrected chi connectivity index (χ4v) is 4.20. The van der Waals surface area contributed by atoms with Gasteiger partial charge in [-0.15, -0.1) is 0 Å². The number of benzene rings is 1. The first-order chi connectivity index (χ1) is 10.2. The summed E-state index contributed by atoms with van der Waals surface area (Å²) in [5.41, 5.74) is 8.12. The maximum Gasteiger partial charge on any atom is 0.0835 e. The average molecular weight is 287 g/mol. The van der Waals surface area contributed by atoms with E-state index in [-0.39, 0.29) is 11.6 Å². The highest BCUT2D eigenvalue weighted by molar-refractivity contribution is 5.27. The minimum Gasteiger partial charge on any atom is -0.374 e. The van der Waals surface area contributed by atoms with Gasteiger partial charge in [-0.25, -0.2) is 0 Å². The lowest BCUT2D eigenvalue weighted by Gasteiger charge is -2.43. The molecule has 116 valence electrons. The molecule has 1 aromatic carbocycles. The third-order valence-corrected chi connectivity index (χ3v) is 5.69. The zero-order valence-electron chi connectivity index (χ0n) is 13.4. The van der Waals surface area contributed by atoms with Crippen LogP contribution >= 0.6 is 0 Å². The Bertz CT molecular complexity index is 450. The Labute approximate surface area is 129 Å². The zero-order chi connectivity index (χ0) is 14.9. The van der Waals surface area contributed by atoms with E-state index in [4.69, 9.17) is 10.5 Å². The van der Waals surface area contributed by atoms with E-state index in [0.29, 0.717) is 11.8 Å². The van der Waals surface area contributed by atoms with Gasteiger partial charge in [0.15, 0.2) is 0 Å². The van der Waals surface area contributed by atoms with Crippen LogP contribution in [-0.2, 0) is 4.74 Å². The minimum absolute atomic E-state index is 0.0601. The largest absolute Gasteiger partial charge is 0.374 e. The van der Waals surface area contributed by atoms with Crippen LogP contribution in [0.1, 0.15) is 57.4 Å². The second-order valence-electron chi connectivity index (χ2n) is 7.12. The number of nitrogens with two attached hydrogens (primary N) is 1. The molecule has 3 unspecified atom stereocenters. The molecule has 2 N–H and O–H groups in total. The van der Waals surface area contributed by atoms with Crippen LogP contribution in [0.3, 0.4) is 0 Å². The van der Waals surface area contributed by atoms with E-state index in [2.05, 4.69) is 44.2 Å². The molecule has 0 spiro atoms. The topological polar surface area (TPSA) is 35.2 Å². The maximum absolute atomic E-state index is 6.72. The van der Waals surface area contributed by atoms with Gasteiger partial charge < -0.3 is 10.5 Å². The summed E-state index contributed by atoms with van der Waals surface area (Å²) in [5, 5.41) is 0. The first-order valence-corrected chi connectivity index (χ1v) is 8.61. The Kier molecular flexibility index (Phi) is 4.37. The fraction of sp³-hybridized carbons (Fsp3) is 0.684. The van der Waals surface area contributed by atoms with Gasteiger partial charge in [0.2, 0.25) is 0 Å². The van der Waals surface area contributed by atoms with Gasteiger partial charge in [-0.1, -0.05) is 37.3 Å². The van der Waals surface area contributed by atoms with Crippen molar-refractivity contribution in [1.29, 1.82) is 0 Å². The average Bonchev–Trinajstić information content (AvgIpc) is 3.31. The molecule has 2 saturated carbocycles. The minimum atomic E-state index is -0.0601. The second kappa shape index (κ2) is 6.10. The van der Waals surface area contributed by atoms with Crippen molar-refractivity contribution < 1.29 is 4.74 Å². The number of hydrogen-bond acceptors (Lipinski definition) is 2.